The van der Waals surface area contributed by atoms with Crippen molar-refractivity contribution in [1.82, 2.24) is 10.3 Å². The van der Waals surface area contributed by atoms with Crippen molar-refractivity contribution in [3.63, 3.8) is 0 Å². The molecule has 2 bridgehead atoms. The minimum absolute atomic E-state index is 0.00108. The normalized spacial score (nSPS) is 20.1. The summed E-state index contributed by atoms with van der Waals surface area (Å²) in [5.41, 5.74) is 2.49. The SMILES string of the molecule is CC(C)N/C1=N\C(=N)c2cc(ccc2F)Oc2c(F)cc3[nH]ccc3c2CCSCC(C)(C)CCCC1(C)c1cccc(CCC(=O)O)c1. The average Bonchev–Trinajstić information content (AvgIpc) is 3.51. The lowest BCUT2D eigenvalue weighted by atomic mass is 9.74. The zero-order chi connectivity index (χ0) is 35.3. The van der Waals surface area contributed by atoms with E-state index in [1.165, 1.54) is 24.3 Å². The van der Waals surface area contributed by atoms with Crippen molar-refractivity contribution in [2.75, 3.05) is 11.5 Å². The van der Waals surface area contributed by atoms with Crippen LogP contribution in [0.5, 0.6) is 11.5 Å². The standard InChI is InChI=1S/C39H46F2N4O3S/c1-24(2)44-37-39(5,26-9-6-8-25(20-26)10-13-34(46)47)17-7-16-38(3,4)23-49-19-15-29-28-14-18-43-33(28)22-32(41)35(29)48-27-11-12-31(40)30(21-27)36(42)45-37/h6,8-9,11-12,14,18,20-22,24,43H,7,10,13,15-17,19,23H2,1-5H3,(H,46,47)(H2,42,44,45). The molecule has 1 aromatic heterocycles. The van der Waals surface area contributed by atoms with E-state index in [0.29, 0.717) is 30.6 Å². The number of aryl methyl sites for hydroxylation is 2. The van der Waals surface area contributed by atoms with E-state index in [2.05, 4.69) is 31.1 Å². The zero-order valence-electron chi connectivity index (χ0n) is 28.9. The van der Waals surface area contributed by atoms with Crippen LogP contribution < -0.4 is 10.1 Å². The maximum atomic E-state index is 15.6. The Labute approximate surface area is 291 Å². The van der Waals surface area contributed by atoms with Crippen LogP contribution in [0.3, 0.4) is 0 Å². The van der Waals surface area contributed by atoms with Gasteiger partial charge in [-0.25, -0.2) is 13.8 Å². The second-order valence-electron chi connectivity index (χ2n) is 14.2. The number of hydrogen-bond acceptors (Lipinski definition) is 5. The number of ether oxygens (including phenoxy) is 1. The predicted molar refractivity (Wildman–Crippen MR) is 196 cm³/mol. The monoisotopic (exact) mass is 688 g/mol. The average molecular weight is 689 g/mol. The van der Waals surface area contributed by atoms with Crippen molar-refractivity contribution < 1.29 is 23.4 Å². The number of fused-ring (bicyclic) bond motifs is 5. The van der Waals surface area contributed by atoms with Crippen molar-refractivity contribution in [2.24, 2.45) is 10.4 Å². The molecule has 4 aromatic rings. The Morgan fingerprint density at radius 1 is 1.10 bits per heavy atom. The summed E-state index contributed by atoms with van der Waals surface area (Å²) in [7, 11) is 0. The lowest BCUT2D eigenvalue weighted by Gasteiger charge is -2.35. The summed E-state index contributed by atoms with van der Waals surface area (Å²) in [6.45, 7) is 10.6. The van der Waals surface area contributed by atoms with Crippen LogP contribution in [0.15, 0.2) is 65.8 Å². The molecule has 49 heavy (non-hydrogen) atoms. The highest BCUT2D eigenvalue weighted by atomic mass is 32.2. The Bertz CT molecular complexity index is 1870. The van der Waals surface area contributed by atoms with Crippen LogP contribution in [-0.4, -0.2) is 45.3 Å². The summed E-state index contributed by atoms with van der Waals surface area (Å²) >= 11 is 1.83. The van der Waals surface area contributed by atoms with Gasteiger partial charge in [-0.15, -0.1) is 0 Å². The van der Waals surface area contributed by atoms with Crippen molar-refractivity contribution >= 4 is 40.3 Å². The van der Waals surface area contributed by atoms with Gasteiger partial charge >= 0.3 is 5.97 Å². The number of aliphatic carboxylic acids is 1. The lowest BCUT2D eigenvalue weighted by molar-refractivity contribution is -0.136. The molecule has 4 N–H and O–H groups in total. The van der Waals surface area contributed by atoms with Gasteiger partial charge in [-0.2, -0.15) is 11.8 Å². The van der Waals surface area contributed by atoms with Crippen molar-refractivity contribution in [3.05, 3.63) is 94.7 Å². The lowest BCUT2D eigenvalue weighted by Crippen LogP contribution is -2.46. The van der Waals surface area contributed by atoms with Crippen molar-refractivity contribution in [3.8, 4) is 11.5 Å². The number of halogens is 2. The van der Waals surface area contributed by atoms with Gasteiger partial charge in [0.25, 0.3) is 0 Å². The quantitative estimate of drug-likeness (QED) is 0.167. The summed E-state index contributed by atoms with van der Waals surface area (Å²) in [4.78, 5) is 19.2. The van der Waals surface area contributed by atoms with Gasteiger partial charge in [-0.05, 0) is 98.8 Å². The van der Waals surface area contributed by atoms with Crippen LogP contribution in [0.25, 0.3) is 10.9 Å². The number of rotatable bonds is 5. The largest absolute Gasteiger partial charge is 0.481 e. The van der Waals surface area contributed by atoms with E-state index in [-0.39, 0.29) is 40.8 Å². The molecule has 10 heteroatoms. The van der Waals surface area contributed by atoms with Gasteiger partial charge in [0.2, 0.25) is 0 Å². The third kappa shape index (κ3) is 8.71. The number of carboxylic acids is 1. The molecule has 260 valence electrons. The third-order valence-electron chi connectivity index (χ3n) is 9.16. The molecule has 1 aliphatic rings. The number of nitrogens with one attached hydrogen (secondary N) is 3. The number of thioether (sulfide) groups is 1. The highest BCUT2D eigenvalue weighted by Gasteiger charge is 2.35. The van der Waals surface area contributed by atoms with Gasteiger partial charge in [0.1, 0.15) is 17.4 Å². The van der Waals surface area contributed by atoms with Gasteiger partial charge in [-0.1, -0.05) is 44.5 Å². The van der Waals surface area contributed by atoms with Gasteiger partial charge < -0.3 is 20.1 Å². The molecule has 5 rings (SSSR count). The molecule has 1 unspecified atom stereocenters. The first kappa shape index (κ1) is 36.1. The predicted octanol–water partition coefficient (Wildman–Crippen LogP) is 9.42. The first-order valence-electron chi connectivity index (χ1n) is 16.9. The molecular weight excluding hydrogens is 643 g/mol. The van der Waals surface area contributed by atoms with E-state index in [1.807, 2.05) is 55.9 Å². The minimum Gasteiger partial charge on any atom is -0.481 e. The summed E-state index contributed by atoms with van der Waals surface area (Å²) in [6, 6.07) is 15.2. The number of carbonyl (C=O) groups is 1. The van der Waals surface area contributed by atoms with E-state index in [1.54, 1.807) is 6.20 Å². The van der Waals surface area contributed by atoms with E-state index >= 15 is 8.78 Å². The fourth-order valence-corrected chi connectivity index (χ4v) is 7.64. The molecule has 0 fully saturated rings. The van der Waals surface area contributed by atoms with Gasteiger partial charge in [0.05, 0.1) is 11.0 Å². The van der Waals surface area contributed by atoms with Crippen LogP contribution in [0, 0.1) is 22.5 Å². The molecule has 1 atom stereocenters. The maximum Gasteiger partial charge on any atom is 0.303 e. The number of aromatic nitrogens is 1. The highest BCUT2D eigenvalue weighted by molar-refractivity contribution is 7.99. The number of benzene rings is 3. The van der Waals surface area contributed by atoms with Gasteiger partial charge in [0.15, 0.2) is 17.4 Å². The molecule has 0 saturated heterocycles. The second kappa shape index (κ2) is 15.2. The van der Waals surface area contributed by atoms with E-state index in [4.69, 9.17) is 15.1 Å². The van der Waals surface area contributed by atoms with E-state index < -0.39 is 23.0 Å². The fraction of sp³-hybridized carbons (Fsp3) is 0.410. The molecule has 0 aliphatic carbocycles. The van der Waals surface area contributed by atoms with Crippen LogP contribution >= 0.6 is 11.8 Å². The first-order valence-corrected chi connectivity index (χ1v) is 18.0. The van der Waals surface area contributed by atoms with Gasteiger partial charge in [0, 0.05) is 41.2 Å². The summed E-state index contributed by atoms with van der Waals surface area (Å²) in [6.07, 6.45) is 5.24. The van der Waals surface area contributed by atoms with Gasteiger partial charge in [-0.3, -0.25) is 10.2 Å². The Hall–Kier alpha value is -4.18. The minimum atomic E-state index is -0.859. The van der Waals surface area contributed by atoms with Crippen LogP contribution in [0.4, 0.5) is 8.78 Å². The number of amidine groups is 2. The molecule has 0 radical (unpaired) electrons. The van der Waals surface area contributed by atoms with Crippen molar-refractivity contribution in [2.45, 2.75) is 84.6 Å². The highest BCUT2D eigenvalue weighted by Crippen LogP contribution is 2.39. The zero-order valence-corrected chi connectivity index (χ0v) is 29.7. The molecular formula is C39H46F2N4O3S. The van der Waals surface area contributed by atoms with Crippen LogP contribution in [0.1, 0.15) is 82.6 Å². The second-order valence-corrected chi connectivity index (χ2v) is 15.3. The number of hydrogen-bond donors (Lipinski definition) is 4. The number of nitrogens with zero attached hydrogens (tertiary/aromatic N) is 1. The molecule has 2 heterocycles. The number of aliphatic imine (C=N–C) groups is 1. The van der Waals surface area contributed by atoms with Crippen LogP contribution in [-0.2, 0) is 23.1 Å². The number of aromatic amines is 1. The Morgan fingerprint density at radius 2 is 1.90 bits per heavy atom. The van der Waals surface area contributed by atoms with Crippen molar-refractivity contribution in [1.29, 1.82) is 5.41 Å². The summed E-state index contributed by atoms with van der Waals surface area (Å²) in [5.74, 6) is 0.179. The molecule has 1 aliphatic heterocycles. The number of H-pyrrole nitrogens is 1. The smallest absolute Gasteiger partial charge is 0.303 e. The topological polar surface area (TPSA) is 111 Å². The molecule has 3 aromatic carbocycles. The van der Waals surface area contributed by atoms with E-state index in [0.717, 1.165) is 46.4 Å². The first-order chi connectivity index (χ1) is 23.3. The number of carboxylic acid groups (broad SMARTS) is 1. The molecule has 0 spiro atoms. The summed E-state index contributed by atoms with van der Waals surface area (Å²) < 4.78 is 37.3. The fourth-order valence-electron chi connectivity index (χ4n) is 6.45. The maximum absolute atomic E-state index is 15.6. The molecule has 7 nitrogen and oxygen atoms in total. The Balaban J connectivity index is 1.63. The van der Waals surface area contributed by atoms with Crippen LogP contribution in [0.2, 0.25) is 0 Å². The third-order valence-corrected chi connectivity index (χ3v) is 10.6. The molecule has 0 saturated carbocycles. The van der Waals surface area contributed by atoms with E-state index in [9.17, 15) is 9.90 Å². The summed E-state index contributed by atoms with van der Waals surface area (Å²) in [5, 5.41) is 22.7. The molecule has 0 amide bonds. The Morgan fingerprint density at radius 3 is 2.65 bits per heavy atom. The Kier molecular flexibility index (Phi) is 11.2.